The summed E-state index contributed by atoms with van der Waals surface area (Å²) in [5, 5.41) is 0. The highest BCUT2D eigenvalue weighted by Gasteiger charge is 2.42. The molecule has 0 N–H and O–H groups in total. The lowest BCUT2D eigenvalue weighted by Crippen LogP contribution is -2.22. The number of rotatable bonds is 1. The minimum atomic E-state index is -2.69. The van der Waals surface area contributed by atoms with E-state index in [2.05, 4.69) is 12.1 Å². The van der Waals surface area contributed by atoms with Crippen LogP contribution in [0.3, 0.4) is 0 Å². The molecule has 2 rings (SSSR count). The van der Waals surface area contributed by atoms with Crippen LogP contribution in [0.2, 0.25) is 0 Å². The van der Waals surface area contributed by atoms with Gasteiger partial charge in [-0.3, -0.25) is 0 Å². The molecule has 14 heavy (non-hydrogen) atoms. The molecule has 0 saturated heterocycles. The van der Waals surface area contributed by atoms with Gasteiger partial charge in [-0.05, 0) is 18.1 Å². The second-order valence-electron chi connectivity index (χ2n) is 3.49. The lowest BCUT2D eigenvalue weighted by molar-refractivity contribution is 1.12. The van der Waals surface area contributed by atoms with Gasteiger partial charge in [-0.15, -0.1) is 33.2 Å². The summed E-state index contributed by atoms with van der Waals surface area (Å²) in [7, 11) is 0. The van der Waals surface area contributed by atoms with Gasteiger partial charge in [0.05, 0.1) is 0 Å². The molecule has 0 spiro atoms. The van der Waals surface area contributed by atoms with E-state index < -0.39 is 6.00 Å². The minimum Gasteiger partial charge on any atom is -0.125 e. The third-order valence-electron chi connectivity index (χ3n) is 2.47. The quantitative estimate of drug-likeness (QED) is 0.521. The normalized spacial score (nSPS) is 20.6. The van der Waals surface area contributed by atoms with Crippen LogP contribution in [-0.4, -0.2) is 6.00 Å². The largest absolute Gasteiger partial charge is 0.352 e. The van der Waals surface area contributed by atoms with Gasteiger partial charge in [-0.1, -0.05) is 35.9 Å². The molecule has 1 aliphatic carbocycles. The zero-order valence-corrected chi connectivity index (χ0v) is 10.9. The summed E-state index contributed by atoms with van der Waals surface area (Å²) in [5.74, 6) is 0. The molecular weight excluding hydrogens is 255 g/mol. The van der Waals surface area contributed by atoms with Crippen molar-refractivity contribution >= 4 is 45.3 Å². The summed E-state index contributed by atoms with van der Waals surface area (Å²) >= 11 is 18.3. The lowest BCUT2D eigenvalue weighted by Gasteiger charge is -2.19. The molecule has 0 saturated carbocycles. The van der Waals surface area contributed by atoms with Crippen molar-refractivity contribution in [3.05, 3.63) is 41.0 Å². The van der Waals surface area contributed by atoms with Crippen molar-refractivity contribution in [2.24, 2.45) is 0 Å². The smallest absolute Gasteiger partial charge is 0.125 e. The van der Waals surface area contributed by atoms with E-state index in [1.807, 2.05) is 25.1 Å². The van der Waals surface area contributed by atoms with E-state index in [4.69, 9.17) is 33.2 Å². The van der Waals surface area contributed by atoms with Crippen molar-refractivity contribution in [3.8, 4) is 0 Å². The monoisotopic (exact) mass is 262 g/mol. The Labute approximate surface area is 98.6 Å². The summed E-state index contributed by atoms with van der Waals surface area (Å²) in [6.07, 6.45) is 2.11. The van der Waals surface area contributed by atoms with E-state index in [0.717, 1.165) is 11.1 Å². The number of hydrogen-bond acceptors (Lipinski definition) is 0. The van der Waals surface area contributed by atoms with Crippen LogP contribution >= 0.6 is 33.2 Å². The van der Waals surface area contributed by atoms with E-state index in [1.165, 1.54) is 5.56 Å². The summed E-state index contributed by atoms with van der Waals surface area (Å²) in [5.41, 5.74) is 3.55. The van der Waals surface area contributed by atoms with Crippen molar-refractivity contribution in [1.82, 2.24) is 0 Å². The van der Waals surface area contributed by atoms with Crippen LogP contribution in [-0.2, 0) is 0 Å². The maximum absolute atomic E-state index is 6.09. The van der Waals surface area contributed by atoms with Crippen molar-refractivity contribution in [1.29, 1.82) is 0 Å². The van der Waals surface area contributed by atoms with Gasteiger partial charge in [0, 0.05) is 5.54 Å². The Balaban J connectivity index is 2.52. The number of allylic oxidation sites excluding steroid dienone is 1. The first-order valence-electron chi connectivity index (χ1n) is 4.34. The minimum absolute atomic E-state index is 0.0312. The molecule has 0 radical (unpaired) electrons. The molecule has 1 atom stereocenters. The highest BCUT2D eigenvalue weighted by Crippen LogP contribution is 2.46. The van der Waals surface area contributed by atoms with E-state index in [0.29, 0.717) is 0 Å². The third kappa shape index (κ3) is 1.74. The molecule has 0 fully saturated rings. The Kier molecular flexibility index (Phi) is 2.69. The zero-order valence-electron chi connectivity index (χ0n) is 7.60. The first-order valence-corrected chi connectivity index (χ1v) is 9.45. The van der Waals surface area contributed by atoms with Crippen LogP contribution < -0.4 is 0 Å². The number of hydrogen-bond donors (Lipinski definition) is 0. The van der Waals surface area contributed by atoms with E-state index >= 15 is 0 Å². The number of benzene rings is 1. The molecule has 0 amide bonds. The molecule has 0 aromatic heterocycles. The lowest BCUT2D eigenvalue weighted by atomic mass is 10.1. The summed E-state index contributed by atoms with van der Waals surface area (Å²) in [6, 6.07) is 5.41. The van der Waals surface area contributed by atoms with Gasteiger partial charge in [-0.25, -0.2) is 0 Å². The summed E-state index contributed by atoms with van der Waals surface area (Å²) < 4.78 is 0. The summed E-state index contributed by atoms with van der Waals surface area (Å²) in [4.78, 5) is 0. The molecule has 0 bridgehead atoms. The van der Waals surface area contributed by atoms with Gasteiger partial charge < -0.3 is 0 Å². The molecule has 1 aliphatic rings. The van der Waals surface area contributed by atoms with Crippen LogP contribution in [0, 0.1) is 0 Å². The number of halogens is 3. The first-order chi connectivity index (χ1) is 6.50. The molecule has 1 aromatic rings. The maximum Gasteiger partial charge on any atom is 0.352 e. The fourth-order valence-electron chi connectivity index (χ4n) is 1.91. The van der Waals surface area contributed by atoms with Crippen molar-refractivity contribution in [2.75, 3.05) is 0 Å². The predicted octanol–water partition coefficient (Wildman–Crippen LogP) is 4.38. The van der Waals surface area contributed by atoms with Gasteiger partial charge in [0.25, 0.3) is 0 Å². The summed E-state index contributed by atoms with van der Waals surface area (Å²) in [6.45, 7) is 2.03. The van der Waals surface area contributed by atoms with Crippen molar-refractivity contribution < 1.29 is 0 Å². The average Bonchev–Trinajstić information content (AvgIpc) is 2.38. The fraction of sp³-hybridized carbons (Fsp3) is 0.200. The fourth-order valence-corrected chi connectivity index (χ4v) is 5.74. The van der Waals surface area contributed by atoms with E-state index in [-0.39, 0.29) is 5.54 Å². The second kappa shape index (κ2) is 3.56. The predicted molar refractivity (Wildman–Crippen MR) is 66.1 cm³/mol. The third-order valence-corrected chi connectivity index (χ3v) is 5.86. The SMILES string of the molecule is CC1=Cc2ccccc2C1[Si](Cl)(Cl)Cl. The maximum atomic E-state index is 6.09. The van der Waals surface area contributed by atoms with E-state index in [9.17, 15) is 0 Å². The van der Waals surface area contributed by atoms with Crippen LogP contribution in [0.1, 0.15) is 23.6 Å². The molecule has 0 nitrogen and oxygen atoms in total. The molecular formula is C10H9Cl3Si. The van der Waals surface area contributed by atoms with Crippen LogP contribution in [0.15, 0.2) is 29.8 Å². The first kappa shape index (κ1) is 10.6. The Morgan fingerprint density at radius 2 is 1.79 bits per heavy atom. The van der Waals surface area contributed by atoms with Crippen LogP contribution in [0.4, 0.5) is 0 Å². The topological polar surface area (TPSA) is 0 Å². The van der Waals surface area contributed by atoms with Crippen molar-refractivity contribution in [3.63, 3.8) is 0 Å². The van der Waals surface area contributed by atoms with E-state index in [1.54, 1.807) is 0 Å². The Morgan fingerprint density at radius 1 is 1.14 bits per heavy atom. The van der Waals surface area contributed by atoms with Crippen LogP contribution in [0.25, 0.3) is 6.08 Å². The highest BCUT2D eigenvalue weighted by molar-refractivity contribution is 7.65. The average molecular weight is 264 g/mol. The zero-order chi connectivity index (χ0) is 10.3. The standard InChI is InChI=1S/C10H9Cl3Si/c1-7-6-8-4-2-3-5-9(8)10(7)14(11,12)13/h2-6,10H,1H3. The van der Waals surface area contributed by atoms with Gasteiger partial charge >= 0.3 is 6.00 Å². The molecule has 74 valence electrons. The molecule has 0 aliphatic heterocycles. The molecule has 4 heteroatoms. The molecule has 1 aromatic carbocycles. The van der Waals surface area contributed by atoms with Gasteiger partial charge in [0.2, 0.25) is 0 Å². The second-order valence-corrected chi connectivity index (χ2v) is 12.3. The highest BCUT2D eigenvalue weighted by atomic mass is 35.8. The molecule has 0 heterocycles. The van der Waals surface area contributed by atoms with Gasteiger partial charge in [-0.2, -0.15) is 0 Å². The number of fused-ring (bicyclic) bond motifs is 1. The Bertz CT molecular complexity index is 393. The van der Waals surface area contributed by atoms with Gasteiger partial charge in [0.15, 0.2) is 0 Å². The van der Waals surface area contributed by atoms with Gasteiger partial charge in [0.1, 0.15) is 0 Å². The van der Waals surface area contributed by atoms with Crippen LogP contribution in [0.5, 0.6) is 0 Å². The Morgan fingerprint density at radius 3 is 2.43 bits per heavy atom. The Hall–Kier alpha value is 0.0469. The molecule has 1 unspecified atom stereocenters. The van der Waals surface area contributed by atoms with Crippen molar-refractivity contribution in [2.45, 2.75) is 12.5 Å².